The minimum absolute atomic E-state index is 0.00586. The molecule has 0 bridgehead atoms. The first-order valence-electron chi connectivity index (χ1n) is 6.73. The third-order valence-electron chi connectivity index (χ3n) is 3.34. The number of carbonyl (C=O) groups is 1. The van der Waals surface area contributed by atoms with Crippen LogP contribution in [-0.2, 0) is 11.2 Å². The van der Waals surface area contributed by atoms with Crippen molar-refractivity contribution in [1.82, 2.24) is 0 Å². The molecule has 0 unspecified atom stereocenters. The molecule has 0 saturated carbocycles. The van der Waals surface area contributed by atoms with Crippen LogP contribution in [0.4, 0.5) is 0 Å². The second-order valence-corrected chi connectivity index (χ2v) is 5.27. The number of carboxylic acids is 1. The lowest BCUT2D eigenvalue weighted by Crippen LogP contribution is -2.27. The average Bonchev–Trinajstić information content (AvgIpc) is 2.38. The summed E-state index contributed by atoms with van der Waals surface area (Å²) in [5.74, 6) is -0.658. The zero-order valence-corrected chi connectivity index (χ0v) is 12.5. The van der Waals surface area contributed by atoms with Crippen molar-refractivity contribution in [2.75, 3.05) is 0 Å². The fourth-order valence-electron chi connectivity index (χ4n) is 2.30. The SMILES string of the molecule is Cc1c(CC(=O)[O-])c(=O)oc2c(C)c(OC(C)C)ccc12. The number of hydrogen-bond acceptors (Lipinski definition) is 5. The van der Waals surface area contributed by atoms with Crippen LogP contribution in [-0.4, -0.2) is 12.1 Å². The van der Waals surface area contributed by atoms with Gasteiger partial charge in [0, 0.05) is 28.9 Å². The predicted octanol–water partition coefficient (Wildman–Crippen LogP) is 1.49. The minimum atomic E-state index is -1.30. The summed E-state index contributed by atoms with van der Waals surface area (Å²) in [6.07, 6.45) is -0.445. The number of aliphatic carboxylic acids is 1. The molecule has 0 amide bonds. The van der Waals surface area contributed by atoms with E-state index in [2.05, 4.69) is 0 Å². The molecule has 5 heteroatoms. The zero-order valence-electron chi connectivity index (χ0n) is 12.5. The van der Waals surface area contributed by atoms with E-state index in [0.29, 0.717) is 22.3 Å². The van der Waals surface area contributed by atoms with Crippen molar-refractivity contribution in [1.29, 1.82) is 0 Å². The predicted molar refractivity (Wildman–Crippen MR) is 76.4 cm³/mol. The highest BCUT2D eigenvalue weighted by atomic mass is 16.5. The highest BCUT2D eigenvalue weighted by Crippen LogP contribution is 2.30. The van der Waals surface area contributed by atoms with Crippen LogP contribution in [0.15, 0.2) is 21.3 Å². The maximum atomic E-state index is 12.0. The van der Waals surface area contributed by atoms with Gasteiger partial charge in [0.05, 0.1) is 6.10 Å². The van der Waals surface area contributed by atoms with E-state index in [1.807, 2.05) is 13.8 Å². The third-order valence-corrected chi connectivity index (χ3v) is 3.34. The van der Waals surface area contributed by atoms with Crippen LogP contribution in [0.3, 0.4) is 0 Å². The van der Waals surface area contributed by atoms with E-state index in [4.69, 9.17) is 9.15 Å². The second kappa shape index (κ2) is 5.60. The molecule has 0 N–H and O–H groups in total. The summed E-state index contributed by atoms with van der Waals surface area (Å²) in [7, 11) is 0. The lowest BCUT2D eigenvalue weighted by Gasteiger charge is -2.15. The van der Waals surface area contributed by atoms with Crippen molar-refractivity contribution >= 4 is 16.9 Å². The topological polar surface area (TPSA) is 79.6 Å². The van der Waals surface area contributed by atoms with Crippen LogP contribution in [0.2, 0.25) is 0 Å². The van der Waals surface area contributed by atoms with E-state index in [9.17, 15) is 14.7 Å². The Hall–Kier alpha value is -2.30. The summed E-state index contributed by atoms with van der Waals surface area (Å²) >= 11 is 0. The van der Waals surface area contributed by atoms with Crippen LogP contribution in [0, 0.1) is 13.8 Å². The Kier molecular flexibility index (Phi) is 4.02. The first-order chi connectivity index (χ1) is 9.81. The summed E-state index contributed by atoms with van der Waals surface area (Å²) in [6, 6.07) is 3.57. The monoisotopic (exact) mass is 289 g/mol. The largest absolute Gasteiger partial charge is 0.550 e. The summed E-state index contributed by atoms with van der Waals surface area (Å²) in [5, 5.41) is 11.4. The van der Waals surface area contributed by atoms with Gasteiger partial charge in [-0.1, -0.05) is 0 Å². The van der Waals surface area contributed by atoms with Crippen LogP contribution >= 0.6 is 0 Å². The molecule has 0 atom stereocenters. The molecule has 1 heterocycles. The van der Waals surface area contributed by atoms with Crippen molar-refractivity contribution in [3.63, 3.8) is 0 Å². The van der Waals surface area contributed by atoms with Crippen molar-refractivity contribution < 1.29 is 19.1 Å². The van der Waals surface area contributed by atoms with E-state index >= 15 is 0 Å². The molecule has 112 valence electrons. The zero-order chi connectivity index (χ0) is 15.7. The highest BCUT2D eigenvalue weighted by Gasteiger charge is 2.15. The standard InChI is InChI=1S/C16H18O5/c1-8(2)20-13-6-5-11-9(3)12(7-14(17)18)16(19)21-15(11)10(13)4/h5-6,8H,7H2,1-4H3,(H,17,18)/p-1. The molecule has 2 rings (SSSR count). The lowest BCUT2D eigenvalue weighted by atomic mass is 10.0. The van der Waals surface area contributed by atoms with Gasteiger partial charge in [-0.15, -0.1) is 0 Å². The van der Waals surface area contributed by atoms with Gasteiger partial charge in [0.1, 0.15) is 11.3 Å². The maximum Gasteiger partial charge on any atom is 0.340 e. The molecule has 5 nitrogen and oxygen atoms in total. The van der Waals surface area contributed by atoms with E-state index < -0.39 is 18.0 Å². The average molecular weight is 289 g/mol. The van der Waals surface area contributed by atoms with Gasteiger partial charge in [-0.25, -0.2) is 4.79 Å². The molecule has 21 heavy (non-hydrogen) atoms. The number of carboxylic acid groups (broad SMARTS) is 1. The molecule has 1 aromatic heterocycles. The molecule has 0 radical (unpaired) electrons. The number of rotatable bonds is 4. The molecule has 0 aliphatic carbocycles. The van der Waals surface area contributed by atoms with Crippen LogP contribution in [0.25, 0.3) is 11.0 Å². The molecule has 2 aromatic rings. The molecule has 1 aromatic carbocycles. The highest BCUT2D eigenvalue weighted by molar-refractivity contribution is 5.86. The smallest absolute Gasteiger partial charge is 0.340 e. The van der Waals surface area contributed by atoms with E-state index in [1.165, 1.54) is 0 Å². The van der Waals surface area contributed by atoms with E-state index in [1.54, 1.807) is 26.0 Å². The van der Waals surface area contributed by atoms with Crippen LogP contribution < -0.4 is 15.5 Å². The Morgan fingerprint density at radius 2 is 1.95 bits per heavy atom. The van der Waals surface area contributed by atoms with Crippen molar-refractivity contribution in [2.45, 2.75) is 40.2 Å². The number of benzene rings is 1. The Labute approximate surface area is 122 Å². The number of carbonyl (C=O) groups excluding carboxylic acids is 1. The van der Waals surface area contributed by atoms with Gasteiger partial charge < -0.3 is 19.1 Å². The summed E-state index contributed by atoms with van der Waals surface area (Å²) < 4.78 is 11.0. The van der Waals surface area contributed by atoms with Gasteiger partial charge in [0.2, 0.25) is 0 Å². The third kappa shape index (κ3) is 2.91. The van der Waals surface area contributed by atoms with Gasteiger partial charge in [0.25, 0.3) is 0 Å². The normalized spacial score (nSPS) is 11.1. The summed E-state index contributed by atoms with van der Waals surface area (Å²) in [5.41, 5.74) is 1.23. The quantitative estimate of drug-likeness (QED) is 0.797. The van der Waals surface area contributed by atoms with Gasteiger partial charge in [-0.3, -0.25) is 0 Å². The molecule has 0 saturated heterocycles. The fourth-order valence-corrected chi connectivity index (χ4v) is 2.30. The molecule has 0 aliphatic heterocycles. The molecular weight excluding hydrogens is 272 g/mol. The number of hydrogen-bond donors (Lipinski definition) is 0. The summed E-state index contributed by atoms with van der Waals surface area (Å²) in [6.45, 7) is 7.34. The van der Waals surface area contributed by atoms with Crippen molar-refractivity contribution in [3.8, 4) is 5.75 Å². The van der Waals surface area contributed by atoms with Crippen molar-refractivity contribution in [3.05, 3.63) is 39.2 Å². The Balaban J connectivity index is 2.69. The van der Waals surface area contributed by atoms with E-state index in [0.717, 1.165) is 5.56 Å². The molecule has 0 aliphatic rings. The van der Waals surface area contributed by atoms with Crippen LogP contribution in [0.5, 0.6) is 5.75 Å². The van der Waals surface area contributed by atoms with Crippen LogP contribution in [0.1, 0.15) is 30.5 Å². The summed E-state index contributed by atoms with van der Waals surface area (Å²) in [4.78, 5) is 22.7. The number of ether oxygens (including phenoxy) is 1. The van der Waals surface area contributed by atoms with Gasteiger partial charge in [0.15, 0.2) is 0 Å². The van der Waals surface area contributed by atoms with Gasteiger partial charge >= 0.3 is 5.63 Å². The maximum absolute atomic E-state index is 12.0. The first-order valence-corrected chi connectivity index (χ1v) is 6.73. The fraction of sp³-hybridized carbons (Fsp3) is 0.375. The first kappa shape index (κ1) is 15.1. The lowest BCUT2D eigenvalue weighted by molar-refractivity contribution is -0.304. The number of aryl methyl sites for hydroxylation is 2. The van der Waals surface area contributed by atoms with Gasteiger partial charge in [-0.2, -0.15) is 0 Å². The second-order valence-electron chi connectivity index (χ2n) is 5.27. The molecule has 0 spiro atoms. The molecule has 0 fully saturated rings. The van der Waals surface area contributed by atoms with Gasteiger partial charge in [-0.05, 0) is 45.4 Å². The van der Waals surface area contributed by atoms with E-state index in [-0.39, 0.29) is 11.7 Å². The molecular formula is C16H17O5-. The Bertz CT molecular complexity index is 755. The minimum Gasteiger partial charge on any atom is -0.550 e. The Morgan fingerprint density at radius 3 is 2.52 bits per heavy atom. The number of fused-ring (bicyclic) bond motifs is 1. The van der Waals surface area contributed by atoms with Crippen molar-refractivity contribution in [2.24, 2.45) is 0 Å². The Morgan fingerprint density at radius 1 is 1.29 bits per heavy atom.